The van der Waals surface area contributed by atoms with Crippen molar-refractivity contribution in [2.24, 2.45) is 0 Å². The van der Waals surface area contributed by atoms with Gasteiger partial charge in [-0.15, -0.1) is 0 Å². The predicted molar refractivity (Wildman–Crippen MR) is 81.7 cm³/mol. The molecule has 0 amide bonds. The van der Waals surface area contributed by atoms with Crippen LogP contribution in [0.2, 0.25) is 0 Å². The number of fused-ring (bicyclic) bond motifs is 2. The fraction of sp³-hybridized carbons (Fsp3) is 0.389. The molecule has 1 atom stereocenters. The Morgan fingerprint density at radius 2 is 2.10 bits per heavy atom. The van der Waals surface area contributed by atoms with Gasteiger partial charge in [-0.3, -0.25) is 4.79 Å². The molecule has 3 rings (SSSR count). The van der Waals surface area contributed by atoms with Crippen LogP contribution in [-0.2, 0) is 9.53 Å². The minimum absolute atomic E-state index is 0.0603. The van der Waals surface area contributed by atoms with Crippen LogP contribution in [0.3, 0.4) is 0 Å². The molecule has 0 fully saturated rings. The lowest BCUT2D eigenvalue weighted by molar-refractivity contribution is -0.113. The number of rotatable bonds is 2. The van der Waals surface area contributed by atoms with Gasteiger partial charge in [0.25, 0.3) is 0 Å². The molecule has 1 aliphatic heterocycles. The van der Waals surface area contributed by atoms with Gasteiger partial charge in [0, 0.05) is 18.6 Å². The number of hydrogen-bond acceptors (Lipinski definition) is 3. The van der Waals surface area contributed by atoms with Crippen molar-refractivity contribution in [1.29, 1.82) is 0 Å². The fourth-order valence-corrected chi connectivity index (χ4v) is 3.32. The molecular formula is C18H20O3. The quantitative estimate of drug-likeness (QED) is 0.905. The number of carbonyl (C=O) groups is 1. The van der Waals surface area contributed by atoms with Gasteiger partial charge in [0.2, 0.25) is 0 Å². The van der Waals surface area contributed by atoms with Crippen molar-refractivity contribution in [1.82, 2.24) is 0 Å². The van der Waals surface area contributed by atoms with Gasteiger partial charge in [-0.25, -0.2) is 0 Å². The highest BCUT2D eigenvalue weighted by Gasteiger charge is 2.32. The Balaban J connectivity index is 2.20. The van der Waals surface area contributed by atoms with Crippen LogP contribution in [0.4, 0.5) is 0 Å². The topological polar surface area (TPSA) is 46.5 Å². The molecule has 1 aromatic carbocycles. The van der Waals surface area contributed by atoms with Gasteiger partial charge in [0.15, 0.2) is 5.78 Å². The van der Waals surface area contributed by atoms with Crippen LogP contribution in [0.15, 0.2) is 29.5 Å². The van der Waals surface area contributed by atoms with E-state index in [4.69, 9.17) is 9.84 Å². The van der Waals surface area contributed by atoms with E-state index in [1.807, 2.05) is 13.0 Å². The standard InChI is InChI=1S/C18H20O3/c1-10-6-11(2)17-14(7-10)12(3)21-16-9-13(4-5-19)8-15(20)18(16)17/h6-7,9,12,19H,4-5,8H2,1-3H3. The summed E-state index contributed by atoms with van der Waals surface area (Å²) in [5, 5.41) is 9.08. The monoisotopic (exact) mass is 284 g/mol. The summed E-state index contributed by atoms with van der Waals surface area (Å²) in [7, 11) is 0. The van der Waals surface area contributed by atoms with E-state index >= 15 is 0 Å². The molecule has 1 aliphatic carbocycles. The van der Waals surface area contributed by atoms with Crippen molar-refractivity contribution in [2.75, 3.05) is 6.61 Å². The number of hydrogen-bond donors (Lipinski definition) is 1. The SMILES string of the molecule is Cc1cc(C)c2c(c1)C(C)OC1=C2C(=O)CC(CCO)=C1. The molecule has 0 spiro atoms. The molecule has 0 saturated heterocycles. The van der Waals surface area contributed by atoms with Crippen LogP contribution < -0.4 is 0 Å². The molecule has 0 radical (unpaired) electrons. The fourth-order valence-electron chi connectivity index (χ4n) is 3.32. The minimum atomic E-state index is -0.0603. The summed E-state index contributed by atoms with van der Waals surface area (Å²) in [6, 6.07) is 4.22. The zero-order chi connectivity index (χ0) is 15.1. The lowest BCUT2D eigenvalue weighted by Crippen LogP contribution is -2.21. The molecule has 1 unspecified atom stereocenters. The number of ether oxygens (including phenoxy) is 1. The van der Waals surface area contributed by atoms with E-state index in [0.29, 0.717) is 24.2 Å². The van der Waals surface area contributed by atoms with Crippen molar-refractivity contribution >= 4 is 11.4 Å². The second-order valence-corrected chi connectivity index (χ2v) is 5.92. The third-order valence-electron chi connectivity index (χ3n) is 4.18. The number of aryl methyl sites for hydroxylation is 2. The Labute approximate surface area is 124 Å². The van der Waals surface area contributed by atoms with Crippen molar-refractivity contribution in [2.45, 2.75) is 39.7 Å². The Morgan fingerprint density at radius 3 is 2.81 bits per heavy atom. The molecule has 110 valence electrons. The van der Waals surface area contributed by atoms with Crippen LogP contribution in [0, 0.1) is 13.8 Å². The maximum Gasteiger partial charge on any atom is 0.171 e. The van der Waals surface area contributed by atoms with E-state index in [-0.39, 0.29) is 18.5 Å². The molecule has 1 N–H and O–H groups in total. The van der Waals surface area contributed by atoms with Crippen molar-refractivity contribution < 1.29 is 14.6 Å². The predicted octanol–water partition coefficient (Wildman–Crippen LogP) is 3.39. The van der Waals surface area contributed by atoms with Gasteiger partial charge in [-0.2, -0.15) is 0 Å². The molecule has 21 heavy (non-hydrogen) atoms. The van der Waals surface area contributed by atoms with Gasteiger partial charge in [0.1, 0.15) is 11.9 Å². The average Bonchev–Trinajstić information content (AvgIpc) is 2.39. The lowest BCUT2D eigenvalue weighted by atomic mass is 9.82. The van der Waals surface area contributed by atoms with E-state index in [2.05, 4.69) is 26.0 Å². The van der Waals surface area contributed by atoms with Crippen molar-refractivity contribution in [3.63, 3.8) is 0 Å². The zero-order valence-corrected chi connectivity index (χ0v) is 12.7. The summed E-state index contributed by atoms with van der Waals surface area (Å²) in [5.41, 5.74) is 6.10. The minimum Gasteiger partial charge on any atom is -0.485 e. The van der Waals surface area contributed by atoms with Gasteiger partial charge >= 0.3 is 0 Å². The van der Waals surface area contributed by atoms with Crippen LogP contribution in [0.25, 0.3) is 5.57 Å². The Morgan fingerprint density at radius 1 is 1.33 bits per heavy atom. The summed E-state index contributed by atoms with van der Waals surface area (Å²) >= 11 is 0. The molecule has 1 aromatic rings. The molecule has 0 bridgehead atoms. The summed E-state index contributed by atoms with van der Waals surface area (Å²) in [5.74, 6) is 0.762. The molecular weight excluding hydrogens is 264 g/mol. The summed E-state index contributed by atoms with van der Waals surface area (Å²) in [6.45, 7) is 6.19. The van der Waals surface area contributed by atoms with Gasteiger partial charge in [-0.05, 0) is 44.4 Å². The Bertz CT molecular complexity index is 680. The smallest absolute Gasteiger partial charge is 0.171 e. The summed E-state index contributed by atoms with van der Waals surface area (Å²) in [4.78, 5) is 12.6. The van der Waals surface area contributed by atoms with E-state index in [0.717, 1.165) is 22.3 Å². The second-order valence-electron chi connectivity index (χ2n) is 5.92. The number of allylic oxidation sites excluding steroid dienone is 2. The summed E-state index contributed by atoms with van der Waals surface area (Å²) < 4.78 is 5.97. The van der Waals surface area contributed by atoms with E-state index < -0.39 is 0 Å². The van der Waals surface area contributed by atoms with Crippen LogP contribution in [0.1, 0.15) is 48.1 Å². The number of Topliss-reactive ketones (excluding diaryl/α,β-unsaturated/α-hetero) is 1. The maximum absolute atomic E-state index is 12.6. The van der Waals surface area contributed by atoms with E-state index in [9.17, 15) is 4.79 Å². The molecule has 3 heteroatoms. The Hall–Kier alpha value is -1.87. The van der Waals surface area contributed by atoms with Crippen LogP contribution >= 0.6 is 0 Å². The summed E-state index contributed by atoms with van der Waals surface area (Å²) in [6.07, 6.45) is 2.78. The van der Waals surface area contributed by atoms with Gasteiger partial charge in [-0.1, -0.05) is 23.3 Å². The highest BCUT2D eigenvalue weighted by atomic mass is 16.5. The van der Waals surface area contributed by atoms with Gasteiger partial charge in [0.05, 0.1) is 5.57 Å². The zero-order valence-electron chi connectivity index (χ0n) is 12.7. The first-order valence-electron chi connectivity index (χ1n) is 7.37. The largest absolute Gasteiger partial charge is 0.485 e. The van der Waals surface area contributed by atoms with Crippen LogP contribution in [-0.4, -0.2) is 17.5 Å². The van der Waals surface area contributed by atoms with Crippen molar-refractivity contribution in [3.8, 4) is 0 Å². The number of ketones is 1. The first-order valence-corrected chi connectivity index (χ1v) is 7.37. The Kier molecular flexibility index (Phi) is 3.46. The lowest BCUT2D eigenvalue weighted by Gasteiger charge is -2.31. The van der Waals surface area contributed by atoms with E-state index in [1.165, 1.54) is 5.56 Å². The molecule has 2 aliphatic rings. The number of aliphatic hydroxyl groups excluding tert-OH is 1. The number of aliphatic hydroxyl groups is 1. The van der Waals surface area contributed by atoms with E-state index in [1.54, 1.807) is 0 Å². The molecule has 1 heterocycles. The molecule has 0 saturated carbocycles. The third-order valence-corrected chi connectivity index (χ3v) is 4.18. The number of carbonyl (C=O) groups excluding carboxylic acids is 1. The number of benzene rings is 1. The first-order chi connectivity index (χ1) is 10.0. The third kappa shape index (κ3) is 2.32. The second kappa shape index (κ2) is 5.15. The highest BCUT2D eigenvalue weighted by Crippen LogP contribution is 2.42. The highest BCUT2D eigenvalue weighted by molar-refractivity contribution is 6.24. The van der Waals surface area contributed by atoms with Crippen LogP contribution in [0.5, 0.6) is 0 Å². The average molecular weight is 284 g/mol. The van der Waals surface area contributed by atoms with Gasteiger partial charge < -0.3 is 9.84 Å². The first kappa shape index (κ1) is 14.1. The van der Waals surface area contributed by atoms with Crippen molar-refractivity contribution in [3.05, 3.63) is 51.8 Å². The normalized spacial score (nSPS) is 20.7. The molecule has 3 nitrogen and oxygen atoms in total. The maximum atomic E-state index is 12.6. The molecule has 0 aromatic heterocycles.